The minimum atomic E-state index is -3.14. The molecule has 0 spiro atoms. The van der Waals surface area contributed by atoms with Crippen molar-refractivity contribution in [2.75, 3.05) is 19.3 Å². The molecule has 0 heterocycles. The van der Waals surface area contributed by atoms with Gasteiger partial charge in [0, 0.05) is 12.8 Å². The molecule has 0 aliphatic carbocycles. The quantitative estimate of drug-likeness (QED) is 0.690. The highest BCUT2D eigenvalue weighted by atomic mass is 32.2. The second-order valence-electron chi connectivity index (χ2n) is 4.67. The van der Waals surface area contributed by atoms with Crippen LogP contribution in [0.5, 0.6) is 0 Å². The molecule has 6 heteroatoms. The number of carbonyl (C=O) groups excluding carboxylic acids is 1. The van der Waals surface area contributed by atoms with Gasteiger partial charge in [-0.1, -0.05) is 0 Å². The van der Waals surface area contributed by atoms with Gasteiger partial charge in [-0.3, -0.25) is 4.79 Å². The van der Waals surface area contributed by atoms with Gasteiger partial charge in [-0.2, -0.15) is 0 Å². The average Bonchev–Trinajstić information content (AvgIpc) is 1.99. The van der Waals surface area contributed by atoms with Gasteiger partial charge in [0.05, 0.1) is 17.4 Å². The molecular weight excluding hydrogens is 230 g/mol. The summed E-state index contributed by atoms with van der Waals surface area (Å²) in [5.74, 6) is -0.376. The van der Waals surface area contributed by atoms with E-state index in [9.17, 15) is 13.2 Å². The van der Waals surface area contributed by atoms with Crippen LogP contribution in [0.1, 0.15) is 27.7 Å². The molecule has 0 saturated heterocycles. The van der Waals surface area contributed by atoms with Gasteiger partial charge in [0.2, 0.25) is 0 Å². The standard InChI is InChI=1S/C10H21NO4S/c1-8(2)15-9(12)6-11-7-10(3,4)16(5,13)14/h8,11H,6-7H2,1-5H3. The zero-order chi connectivity index (χ0) is 13.0. The number of hydrogen-bond acceptors (Lipinski definition) is 5. The van der Waals surface area contributed by atoms with Gasteiger partial charge in [-0.25, -0.2) is 8.42 Å². The molecule has 0 saturated carbocycles. The summed E-state index contributed by atoms with van der Waals surface area (Å²) >= 11 is 0. The van der Waals surface area contributed by atoms with E-state index in [0.717, 1.165) is 0 Å². The summed E-state index contributed by atoms with van der Waals surface area (Å²) in [4.78, 5) is 11.2. The van der Waals surface area contributed by atoms with Crippen LogP contribution in [-0.4, -0.2) is 44.6 Å². The maximum absolute atomic E-state index is 11.4. The fourth-order valence-electron chi connectivity index (χ4n) is 0.901. The summed E-state index contributed by atoms with van der Waals surface area (Å²) in [6, 6.07) is 0. The van der Waals surface area contributed by atoms with Crippen molar-refractivity contribution in [1.82, 2.24) is 5.32 Å². The van der Waals surface area contributed by atoms with E-state index in [1.165, 1.54) is 6.26 Å². The smallest absolute Gasteiger partial charge is 0.320 e. The molecule has 0 atom stereocenters. The van der Waals surface area contributed by atoms with Crippen LogP contribution in [0.25, 0.3) is 0 Å². The Hall–Kier alpha value is -0.620. The van der Waals surface area contributed by atoms with Gasteiger partial charge in [0.1, 0.15) is 0 Å². The number of ether oxygens (including phenoxy) is 1. The topological polar surface area (TPSA) is 72.5 Å². The van der Waals surface area contributed by atoms with Gasteiger partial charge in [0.25, 0.3) is 0 Å². The number of sulfone groups is 1. The molecule has 0 aliphatic heterocycles. The predicted octanol–water partition coefficient (Wildman–Crippen LogP) is 0.351. The number of rotatable bonds is 6. The Bertz CT molecular complexity index is 333. The second kappa shape index (κ2) is 5.63. The Labute approximate surface area is 97.5 Å². The highest BCUT2D eigenvalue weighted by molar-refractivity contribution is 7.92. The summed E-state index contributed by atoms with van der Waals surface area (Å²) in [6.07, 6.45) is 1.03. The molecule has 5 nitrogen and oxygen atoms in total. The zero-order valence-electron chi connectivity index (χ0n) is 10.5. The van der Waals surface area contributed by atoms with Gasteiger partial charge in [-0.05, 0) is 27.7 Å². The average molecular weight is 251 g/mol. The minimum Gasteiger partial charge on any atom is -0.462 e. The molecule has 0 aliphatic rings. The molecular formula is C10H21NO4S. The molecule has 16 heavy (non-hydrogen) atoms. The van der Waals surface area contributed by atoms with E-state index in [1.54, 1.807) is 27.7 Å². The number of hydrogen-bond donors (Lipinski definition) is 1. The second-order valence-corrected chi connectivity index (χ2v) is 7.32. The lowest BCUT2D eigenvalue weighted by Gasteiger charge is -2.22. The maximum Gasteiger partial charge on any atom is 0.320 e. The van der Waals surface area contributed by atoms with E-state index < -0.39 is 14.6 Å². The van der Waals surface area contributed by atoms with E-state index in [0.29, 0.717) is 0 Å². The molecule has 96 valence electrons. The van der Waals surface area contributed by atoms with E-state index in [1.807, 2.05) is 0 Å². The lowest BCUT2D eigenvalue weighted by atomic mass is 10.2. The fraction of sp³-hybridized carbons (Fsp3) is 0.900. The number of carbonyl (C=O) groups is 1. The monoisotopic (exact) mass is 251 g/mol. The third-order valence-corrected chi connectivity index (χ3v) is 4.34. The first-order valence-corrected chi connectivity index (χ1v) is 7.05. The van der Waals surface area contributed by atoms with Crippen LogP contribution in [-0.2, 0) is 19.4 Å². The molecule has 0 aromatic rings. The predicted molar refractivity (Wildman–Crippen MR) is 63.0 cm³/mol. The third kappa shape index (κ3) is 5.46. The van der Waals surface area contributed by atoms with Gasteiger partial charge >= 0.3 is 5.97 Å². The van der Waals surface area contributed by atoms with Gasteiger partial charge in [-0.15, -0.1) is 0 Å². The van der Waals surface area contributed by atoms with Crippen molar-refractivity contribution in [1.29, 1.82) is 0 Å². The largest absolute Gasteiger partial charge is 0.462 e. The highest BCUT2D eigenvalue weighted by Gasteiger charge is 2.29. The van der Waals surface area contributed by atoms with Crippen LogP contribution in [0, 0.1) is 0 Å². The van der Waals surface area contributed by atoms with Gasteiger partial charge < -0.3 is 10.1 Å². The normalized spacial score (nSPS) is 12.9. The Morgan fingerprint density at radius 3 is 2.25 bits per heavy atom. The first kappa shape index (κ1) is 15.4. The first-order valence-electron chi connectivity index (χ1n) is 5.16. The summed E-state index contributed by atoms with van der Waals surface area (Å²) < 4.78 is 26.7. The summed E-state index contributed by atoms with van der Waals surface area (Å²) in [5.41, 5.74) is 0. The van der Waals surface area contributed by atoms with Crippen molar-refractivity contribution in [3.05, 3.63) is 0 Å². The number of nitrogens with one attached hydrogen (secondary N) is 1. The highest BCUT2D eigenvalue weighted by Crippen LogP contribution is 2.13. The zero-order valence-corrected chi connectivity index (χ0v) is 11.3. The van der Waals surface area contributed by atoms with Crippen LogP contribution < -0.4 is 5.32 Å². The van der Waals surface area contributed by atoms with Crippen molar-refractivity contribution in [2.45, 2.75) is 38.5 Å². The summed E-state index contributed by atoms with van der Waals surface area (Å²) in [6.45, 7) is 7.00. The molecule has 0 fully saturated rings. The Kier molecular flexibility index (Phi) is 5.41. The fourth-order valence-corrected chi connectivity index (χ4v) is 1.27. The van der Waals surface area contributed by atoms with E-state index in [2.05, 4.69) is 5.32 Å². The Morgan fingerprint density at radius 2 is 1.88 bits per heavy atom. The Morgan fingerprint density at radius 1 is 1.38 bits per heavy atom. The van der Waals surface area contributed by atoms with E-state index in [4.69, 9.17) is 4.74 Å². The molecule has 0 bridgehead atoms. The first-order chi connectivity index (χ1) is 7.06. The van der Waals surface area contributed by atoms with Crippen LogP contribution in [0.3, 0.4) is 0 Å². The molecule has 0 aromatic heterocycles. The van der Waals surface area contributed by atoms with Crippen LogP contribution in [0.15, 0.2) is 0 Å². The van der Waals surface area contributed by atoms with Crippen molar-refractivity contribution in [3.8, 4) is 0 Å². The van der Waals surface area contributed by atoms with Crippen LogP contribution in [0.2, 0.25) is 0 Å². The van der Waals surface area contributed by atoms with Crippen molar-refractivity contribution >= 4 is 15.8 Å². The van der Waals surface area contributed by atoms with Crippen molar-refractivity contribution < 1.29 is 17.9 Å². The molecule has 1 N–H and O–H groups in total. The summed E-state index contributed by atoms with van der Waals surface area (Å²) in [5, 5.41) is 2.78. The molecule has 0 radical (unpaired) electrons. The lowest BCUT2D eigenvalue weighted by Crippen LogP contribution is -2.43. The molecule has 0 aromatic carbocycles. The van der Waals surface area contributed by atoms with Crippen LogP contribution in [0.4, 0.5) is 0 Å². The minimum absolute atomic E-state index is 0.0249. The Balaban J connectivity index is 4.05. The SMILES string of the molecule is CC(C)OC(=O)CNCC(C)(C)S(C)(=O)=O. The maximum atomic E-state index is 11.4. The van der Waals surface area contributed by atoms with Gasteiger partial charge in [0.15, 0.2) is 9.84 Å². The summed E-state index contributed by atoms with van der Waals surface area (Å²) in [7, 11) is -3.14. The van der Waals surface area contributed by atoms with Crippen molar-refractivity contribution in [2.24, 2.45) is 0 Å². The lowest BCUT2D eigenvalue weighted by molar-refractivity contribution is -0.146. The molecule has 0 unspecified atom stereocenters. The molecule has 0 rings (SSSR count). The third-order valence-electron chi connectivity index (χ3n) is 2.19. The van der Waals surface area contributed by atoms with Crippen molar-refractivity contribution in [3.63, 3.8) is 0 Å². The van der Waals surface area contributed by atoms with E-state index >= 15 is 0 Å². The van der Waals surface area contributed by atoms with E-state index in [-0.39, 0.29) is 25.2 Å². The number of esters is 1. The molecule has 0 amide bonds. The van der Waals surface area contributed by atoms with Crippen LogP contribution >= 0.6 is 0 Å².